The molecule has 0 bridgehead atoms. The van der Waals surface area contributed by atoms with Crippen molar-refractivity contribution in [3.63, 3.8) is 0 Å². The van der Waals surface area contributed by atoms with Gasteiger partial charge in [0.25, 0.3) is 11.7 Å². The van der Waals surface area contributed by atoms with Crippen molar-refractivity contribution in [2.24, 2.45) is 5.92 Å². The van der Waals surface area contributed by atoms with E-state index in [1.807, 2.05) is 13.8 Å². The maximum atomic E-state index is 13.0. The van der Waals surface area contributed by atoms with Crippen LogP contribution < -0.4 is 4.74 Å². The van der Waals surface area contributed by atoms with Gasteiger partial charge in [-0.05, 0) is 55.7 Å². The molecule has 0 aliphatic carbocycles. The van der Waals surface area contributed by atoms with Crippen LogP contribution in [0.2, 0.25) is 0 Å². The van der Waals surface area contributed by atoms with Gasteiger partial charge < -0.3 is 19.5 Å². The van der Waals surface area contributed by atoms with E-state index in [9.17, 15) is 14.7 Å². The van der Waals surface area contributed by atoms with Gasteiger partial charge in [-0.15, -0.1) is 0 Å². The second-order valence-corrected chi connectivity index (χ2v) is 8.43. The van der Waals surface area contributed by atoms with Gasteiger partial charge in [0, 0.05) is 24.5 Å². The van der Waals surface area contributed by atoms with Crippen LogP contribution in [0.25, 0.3) is 5.76 Å². The minimum Gasteiger partial charge on any atom is -0.507 e. The van der Waals surface area contributed by atoms with Gasteiger partial charge in [0.15, 0.2) is 0 Å². The predicted molar refractivity (Wildman–Crippen MR) is 121 cm³/mol. The van der Waals surface area contributed by atoms with E-state index >= 15 is 0 Å². The van der Waals surface area contributed by atoms with Crippen LogP contribution in [0.15, 0.2) is 54.4 Å². The number of nitrogens with zero attached hydrogens (tertiary/aromatic N) is 2. The fourth-order valence-electron chi connectivity index (χ4n) is 3.51. The number of ketones is 1. The first-order valence-electron chi connectivity index (χ1n) is 10.8. The fraction of sp³-hybridized carbons (Fsp3) is 0.400. The van der Waals surface area contributed by atoms with Gasteiger partial charge in [0.05, 0.1) is 30.9 Å². The predicted octanol–water partition coefficient (Wildman–Crippen LogP) is 3.96. The number of rotatable bonds is 9. The van der Waals surface area contributed by atoms with Gasteiger partial charge in [0.1, 0.15) is 11.5 Å². The van der Waals surface area contributed by atoms with Crippen LogP contribution >= 0.6 is 0 Å². The summed E-state index contributed by atoms with van der Waals surface area (Å²) in [5.41, 5.74) is 1.13. The van der Waals surface area contributed by atoms with Crippen molar-refractivity contribution in [1.82, 2.24) is 9.88 Å². The summed E-state index contributed by atoms with van der Waals surface area (Å²) < 4.78 is 11.3. The van der Waals surface area contributed by atoms with Crippen LogP contribution in [0.4, 0.5) is 0 Å². The second kappa shape index (κ2) is 10.4. The van der Waals surface area contributed by atoms with Crippen molar-refractivity contribution in [1.29, 1.82) is 0 Å². The molecule has 1 N–H and O–H groups in total. The zero-order chi connectivity index (χ0) is 23.3. The molecule has 0 spiro atoms. The molecule has 7 nitrogen and oxygen atoms in total. The van der Waals surface area contributed by atoms with Crippen molar-refractivity contribution < 1.29 is 24.2 Å². The highest BCUT2D eigenvalue weighted by atomic mass is 16.5. The smallest absolute Gasteiger partial charge is 0.295 e. The molecule has 1 aliphatic rings. The lowest BCUT2D eigenvalue weighted by molar-refractivity contribution is -0.140. The third-order valence-corrected chi connectivity index (χ3v) is 5.03. The molecule has 2 heterocycles. The summed E-state index contributed by atoms with van der Waals surface area (Å²) in [6.45, 7) is 9.01. The first kappa shape index (κ1) is 23.5. The first-order valence-corrected chi connectivity index (χ1v) is 10.8. The number of hydrogen-bond acceptors (Lipinski definition) is 6. The van der Waals surface area contributed by atoms with Crippen molar-refractivity contribution in [2.45, 2.75) is 39.8 Å². The molecular weight excluding hydrogens is 408 g/mol. The fourth-order valence-corrected chi connectivity index (χ4v) is 3.51. The number of Topliss-reactive ketones (excluding diaryl/α,β-unsaturated/α-hetero) is 1. The number of amides is 1. The molecule has 1 amide bonds. The van der Waals surface area contributed by atoms with Crippen LogP contribution in [0, 0.1) is 5.92 Å². The van der Waals surface area contributed by atoms with Crippen LogP contribution in [0.3, 0.4) is 0 Å². The highest BCUT2D eigenvalue weighted by molar-refractivity contribution is 6.46. The molecule has 1 aromatic heterocycles. The Hall–Kier alpha value is -3.19. The number of aliphatic hydroxyl groups excluding tert-OH is 1. The summed E-state index contributed by atoms with van der Waals surface area (Å²) in [5.74, 6) is -0.547. The Morgan fingerprint density at radius 2 is 1.84 bits per heavy atom. The Kier molecular flexibility index (Phi) is 7.64. The lowest BCUT2D eigenvalue weighted by atomic mass is 9.96. The first-order chi connectivity index (χ1) is 15.3. The van der Waals surface area contributed by atoms with Crippen LogP contribution in [-0.4, -0.2) is 52.5 Å². The maximum absolute atomic E-state index is 13.0. The monoisotopic (exact) mass is 438 g/mol. The van der Waals surface area contributed by atoms with E-state index in [0.717, 1.165) is 0 Å². The summed E-state index contributed by atoms with van der Waals surface area (Å²) in [6.07, 6.45) is 3.22. The van der Waals surface area contributed by atoms with Crippen LogP contribution in [0.5, 0.6) is 5.75 Å². The van der Waals surface area contributed by atoms with E-state index in [-0.39, 0.29) is 30.6 Å². The topological polar surface area (TPSA) is 89.0 Å². The zero-order valence-corrected chi connectivity index (χ0v) is 18.9. The Morgan fingerprint density at radius 1 is 1.12 bits per heavy atom. The summed E-state index contributed by atoms with van der Waals surface area (Å²) in [6, 6.07) is 9.63. The second-order valence-electron chi connectivity index (χ2n) is 8.43. The molecule has 1 aliphatic heterocycles. The maximum Gasteiger partial charge on any atom is 0.295 e. The van der Waals surface area contributed by atoms with Gasteiger partial charge in [-0.25, -0.2) is 0 Å². The molecule has 2 aromatic rings. The van der Waals surface area contributed by atoms with E-state index in [4.69, 9.17) is 9.47 Å². The molecule has 0 radical (unpaired) electrons. The molecule has 1 saturated heterocycles. The third-order valence-electron chi connectivity index (χ3n) is 5.03. The molecule has 1 aromatic carbocycles. The Balaban J connectivity index is 1.96. The van der Waals surface area contributed by atoms with Gasteiger partial charge in [-0.3, -0.25) is 14.6 Å². The van der Waals surface area contributed by atoms with Crippen molar-refractivity contribution in [3.8, 4) is 5.75 Å². The van der Waals surface area contributed by atoms with Gasteiger partial charge in [-0.1, -0.05) is 19.9 Å². The highest BCUT2D eigenvalue weighted by Gasteiger charge is 2.46. The Bertz CT molecular complexity index is 968. The summed E-state index contributed by atoms with van der Waals surface area (Å²) >= 11 is 0. The largest absolute Gasteiger partial charge is 0.507 e. The standard InChI is InChI=1S/C25H30N2O5/c1-16(2)15-32-20-9-7-18(8-10-20)23(28)21-22(19-6-5-11-26-14-19)27(25(30)24(21)29)12-13-31-17(3)4/h5-11,14,16-17,22,28H,12-13,15H2,1-4H3/b23-21-. The normalized spacial score (nSPS) is 18.1. The molecule has 7 heteroatoms. The molecule has 3 rings (SSSR count). The lowest BCUT2D eigenvalue weighted by Crippen LogP contribution is -2.33. The molecule has 1 fully saturated rings. The SMILES string of the molecule is CC(C)COc1ccc(/C(O)=C2/C(=O)C(=O)N(CCOC(C)C)C2c2cccnc2)cc1. The van der Waals surface area contributed by atoms with Crippen LogP contribution in [-0.2, 0) is 14.3 Å². The number of hydrogen-bond donors (Lipinski definition) is 1. The van der Waals surface area contributed by atoms with E-state index in [1.165, 1.54) is 4.90 Å². The molecule has 0 saturated carbocycles. The Morgan fingerprint density at radius 3 is 2.44 bits per heavy atom. The number of likely N-dealkylation sites (tertiary alicyclic amines) is 1. The number of pyridine rings is 1. The summed E-state index contributed by atoms with van der Waals surface area (Å²) in [5, 5.41) is 11.1. The summed E-state index contributed by atoms with van der Waals surface area (Å²) in [4.78, 5) is 31.4. The van der Waals surface area contributed by atoms with Crippen molar-refractivity contribution >= 4 is 17.4 Å². The number of ether oxygens (including phenoxy) is 2. The van der Waals surface area contributed by atoms with Gasteiger partial charge >= 0.3 is 0 Å². The minimum atomic E-state index is -0.740. The Labute approximate surface area is 188 Å². The van der Waals surface area contributed by atoms with Gasteiger partial charge in [0.2, 0.25) is 0 Å². The molecule has 170 valence electrons. The van der Waals surface area contributed by atoms with Crippen molar-refractivity contribution in [2.75, 3.05) is 19.8 Å². The molecular formula is C25H30N2O5. The third kappa shape index (κ3) is 5.34. The highest BCUT2D eigenvalue weighted by Crippen LogP contribution is 2.39. The van der Waals surface area contributed by atoms with Crippen LogP contribution in [0.1, 0.15) is 44.9 Å². The van der Waals surface area contributed by atoms with E-state index in [1.54, 1.807) is 48.8 Å². The van der Waals surface area contributed by atoms with E-state index in [0.29, 0.717) is 29.4 Å². The average molecular weight is 439 g/mol. The van der Waals surface area contributed by atoms with E-state index in [2.05, 4.69) is 18.8 Å². The van der Waals surface area contributed by atoms with E-state index < -0.39 is 17.7 Å². The number of aliphatic hydroxyl groups is 1. The zero-order valence-electron chi connectivity index (χ0n) is 18.9. The number of benzene rings is 1. The minimum absolute atomic E-state index is 0.0000862. The quantitative estimate of drug-likeness (QED) is 0.362. The summed E-state index contributed by atoms with van der Waals surface area (Å²) in [7, 11) is 0. The number of carbonyl (C=O) groups is 2. The molecule has 32 heavy (non-hydrogen) atoms. The number of aromatic nitrogens is 1. The van der Waals surface area contributed by atoms with Crippen molar-refractivity contribution in [3.05, 3.63) is 65.5 Å². The number of carbonyl (C=O) groups excluding carboxylic acids is 2. The molecule has 1 atom stereocenters. The molecule has 1 unspecified atom stereocenters. The lowest BCUT2D eigenvalue weighted by Gasteiger charge is -2.25. The average Bonchev–Trinajstić information content (AvgIpc) is 3.03. The van der Waals surface area contributed by atoms with Gasteiger partial charge in [-0.2, -0.15) is 0 Å².